The fourth-order valence-corrected chi connectivity index (χ4v) is 1.09. The van der Waals surface area contributed by atoms with Gasteiger partial charge in [0.15, 0.2) is 0 Å². The molecule has 4 heteroatoms. The summed E-state index contributed by atoms with van der Waals surface area (Å²) in [4.78, 5) is 10.8. The summed E-state index contributed by atoms with van der Waals surface area (Å²) in [6.45, 7) is 1.51. The highest BCUT2D eigenvalue weighted by Gasteiger charge is 1.98. The molecule has 0 aliphatic heterocycles. The number of hydrogen-bond donors (Lipinski definition) is 3. The second-order valence-corrected chi connectivity index (χ2v) is 3.01. The first-order valence-corrected chi connectivity index (χ1v) is 4.58. The highest BCUT2D eigenvalue weighted by Crippen LogP contribution is 2.08. The van der Waals surface area contributed by atoms with Gasteiger partial charge in [0.2, 0.25) is 5.91 Å². The van der Waals surface area contributed by atoms with Crippen molar-refractivity contribution >= 4 is 11.6 Å². The third-order valence-corrected chi connectivity index (χ3v) is 1.88. The summed E-state index contributed by atoms with van der Waals surface area (Å²) in [6, 6.07) is 7.06. The number of rotatable bonds is 5. The molecule has 76 valence electrons. The first-order valence-electron chi connectivity index (χ1n) is 4.58. The van der Waals surface area contributed by atoms with Crippen molar-refractivity contribution < 1.29 is 4.79 Å². The monoisotopic (exact) mass is 193 g/mol. The molecule has 1 aromatic carbocycles. The molecule has 0 spiro atoms. The Labute approximate surface area is 83.3 Å². The lowest BCUT2D eigenvalue weighted by Crippen LogP contribution is -2.11. The average Bonchev–Trinajstić information content (AvgIpc) is 2.19. The summed E-state index contributed by atoms with van der Waals surface area (Å²) < 4.78 is 0. The minimum Gasteiger partial charge on any atom is -0.385 e. The Morgan fingerprint density at radius 1 is 1.29 bits per heavy atom. The number of nitrogens with one attached hydrogen (secondary N) is 1. The van der Waals surface area contributed by atoms with Crippen LogP contribution in [0, 0.1) is 0 Å². The van der Waals surface area contributed by atoms with Crippen LogP contribution in [0.15, 0.2) is 24.3 Å². The first-order chi connectivity index (χ1) is 6.74. The third kappa shape index (κ3) is 3.06. The van der Waals surface area contributed by atoms with E-state index >= 15 is 0 Å². The zero-order valence-electron chi connectivity index (χ0n) is 7.99. The topological polar surface area (TPSA) is 81.1 Å². The minimum atomic E-state index is -0.404. The van der Waals surface area contributed by atoms with Crippen molar-refractivity contribution in [2.75, 3.05) is 18.4 Å². The van der Waals surface area contributed by atoms with Gasteiger partial charge in [0.1, 0.15) is 0 Å². The lowest BCUT2D eigenvalue weighted by molar-refractivity contribution is 0.100. The van der Waals surface area contributed by atoms with E-state index in [1.54, 1.807) is 12.1 Å². The van der Waals surface area contributed by atoms with Crippen molar-refractivity contribution in [3.05, 3.63) is 29.8 Å². The molecule has 0 heterocycles. The zero-order chi connectivity index (χ0) is 10.4. The van der Waals surface area contributed by atoms with Gasteiger partial charge in [0, 0.05) is 17.8 Å². The molecule has 1 amide bonds. The second-order valence-electron chi connectivity index (χ2n) is 3.01. The Bertz CT molecular complexity index is 295. The Morgan fingerprint density at radius 2 is 1.93 bits per heavy atom. The van der Waals surface area contributed by atoms with Crippen molar-refractivity contribution in [3.63, 3.8) is 0 Å². The van der Waals surface area contributed by atoms with E-state index in [0.717, 1.165) is 18.7 Å². The van der Waals surface area contributed by atoms with Gasteiger partial charge < -0.3 is 16.8 Å². The molecule has 14 heavy (non-hydrogen) atoms. The quantitative estimate of drug-likeness (QED) is 0.597. The highest BCUT2D eigenvalue weighted by molar-refractivity contribution is 5.93. The predicted octanol–water partition coefficient (Wildman–Crippen LogP) is 0.546. The average molecular weight is 193 g/mol. The third-order valence-electron chi connectivity index (χ3n) is 1.88. The van der Waals surface area contributed by atoms with Crippen molar-refractivity contribution in [2.24, 2.45) is 11.5 Å². The van der Waals surface area contributed by atoms with Crippen LogP contribution in [0.5, 0.6) is 0 Å². The molecule has 0 bridgehead atoms. The van der Waals surface area contributed by atoms with Crippen molar-refractivity contribution in [3.8, 4) is 0 Å². The Kier molecular flexibility index (Phi) is 3.94. The molecule has 5 N–H and O–H groups in total. The molecular formula is C10H15N3O. The number of benzene rings is 1. The molecule has 4 nitrogen and oxygen atoms in total. The lowest BCUT2D eigenvalue weighted by atomic mass is 10.2. The number of hydrogen-bond acceptors (Lipinski definition) is 3. The number of amides is 1. The van der Waals surface area contributed by atoms with Gasteiger partial charge in [-0.25, -0.2) is 0 Å². The van der Waals surface area contributed by atoms with Crippen molar-refractivity contribution in [1.29, 1.82) is 0 Å². The molecule has 0 radical (unpaired) electrons. The van der Waals surface area contributed by atoms with Gasteiger partial charge in [-0.1, -0.05) is 0 Å². The summed E-state index contributed by atoms with van der Waals surface area (Å²) >= 11 is 0. The first kappa shape index (κ1) is 10.5. The number of anilines is 1. The molecule has 1 rings (SSSR count). The number of nitrogens with two attached hydrogens (primary N) is 2. The normalized spacial score (nSPS) is 9.79. The fourth-order valence-electron chi connectivity index (χ4n) is 1.09. The molecule has 0 aromatic heterocycles. The van der Waals surface area contributed by atoms with Crippen molar-refractivity contribution in [1.82, 2.24) is 0 Å². The van der Waals surface area contributed by atoms with Crippen LogP contribution in [0.1, 0.15) is 16.8 Å². The second kappa shape index (κ2) is 5.24. The van der Waals surface area contributed by atoms with Crippen LogP contribution < -0.4 is 16.8 Å². The summed E-state index contributed by atoms with van der Waals surface area (Å²) in [5.74, 6) is -0.404. The van der Waals surface area contributed by atoms with Crippen LogP contribution in [0.25, 0.3) is 0 Å². The molecule has 0 unspecified atom stereocenters. The van der Waals surface area contributed by atoms with Crippen LogP contribution >= 0.6 is 0 Å². The fraction of sp³-hybridized carbons (Fsp3) is 0.300. The molecule has 0 saturated carbocycles. The number of carbonyl (C=O) groups excluding carboxylic acids is 1. The summed E-state index contributed by atoms with van der Waals surface area (Å²) in [6.07, 6.45) is 0.928. The van der Waals surface area contributed by atoms with Gasteiger partial charge in [-0.05, 0) is 37.2 Å². The number of carbonyl (C=O) groups is 1. The van der Waals surface area contributed by atoms with Crippen LogP contribution in [0.4, 0.5) is 5.69 Å². The van der Waals surface area contributed by atoms with Gasteiger partial charge in [0.05, 0.1) is 0 Å². The zero-order valence-corrected chi connectivity index (χ0v) is 7.99. The summed E-state index contributed by atoms with van der Waals surface area (Å²) in [5, 5.41) is 3.18. The molecule has 0 saturated heterocycles. The van der Waals surface area contributed by atoms with Crippen molar-refractivity contribution in [2.45, 2.75) is 6.42 Å². The Hall–Kier alpha value is -1.55. The SMILES string of the molecule is NCCCNc1ccc(C(N)=O)cc1. The smallest absolute Gasteiger partial charge is 0.248 e. The Morgan fingerprint density at radius 3 is 2.43 bits per heavy atom. The molecule has 0 aliphatic rings. The van der Waals surface area contributed by atoms with E-state index in [1.807, 2.05) is 12.1 Å². The lowest BCUT2D eigenvalue weighted by Gasteiger charge is -2.05. The van der Waals surface area contributed by atoms with Crippen LogP contribution in [0.3, 0.4) is 0 Å². The van der Waals surface area contributed by atoms with E-state index in [1.165, 1.54) is 0 Å². The number of primary amides is 1. The maximum atomic E-state index is 10.8. The van der Waals surface area contributed by atoms with Gasteiger partial charge >= 0.3 is 0 Å². The standard InChI is InChI=1S/C10H15N3O/c11-6-1-7-13-9-4-2-8(3-5-9)10(12)14/h2-5,13H,1,6-7,11H2,(H2,12,14). The summed E-state index contributed by atoms with van der Waals surface area (Å²) in [7, 11) is 0. The molecule has 0 atom stereocenters. The van der Waals surface area contributed by atoms with E-state index in [9.17, 15) is 4.79 Å². The van der Waals surface area contributed by atoms with E-state index in [-0.39, 0.29) is 0 Å². The largest absolute Gasteiger partial charge is 0.385 e. The maximum absolute atomic E-state index is 10.8. The summed E-state index contributed by atoms with van der Waals surface area (Å²) in [5.41, 5.74) is 12.0. The Balaban J connectivity index is 2.51. The van der Waals surface area contributed by atoms with Gasteiger partial charge in [-0.3, -0.25) is 4.79 Å². The maximum Gasteiger partial charge on any atom is 0.248 e. The van der Waals surface area contributed by atoms with Crippen LogP contribution in [-0.4, -0.2) is 19.0 Å². The van der Waals surface area contributed by atoms with E-state index in [4.69, 9.17) is 11.5 Å². The highest BCUT2D eigenvalue weighted by atomic mass is 16.1. The molecular weight excluding hydrogens is 178 g/mol. The predicted molar refractivity (Wildman–Crippen MR) is 57.1 cm³/mol. The van der Waals surface area contributed by atoms with Gasteiger partial charge in [-0.15, -0.1) is 0 Å². The molecule has 0 aliphatic carbocycles. The van der Waals surface area contributed by atoms with Gasteiger partial charge in [-0.2, -0.15) is 0 Å². The van der Waals surface area contributed by atoms with Crippen LogP contribution in [0.2, 0.25) is 0 Å². The van der Waals surface area contributed by atoms with Gasteiger partial charge in [0.25, 0.3) is 0 Å². The van der Waals surface area contributed by atoms with E-state index < -0.39 is 5.91 Å². The van der Waals surface area contributed by atoms with Crippen LogP contribution in [-0.2, 0) is 0 Å². The van der Waals surface area contributed by atoms with E-state index in [2.05, 4.69) is 5.32 Å². The molecule has 0 fully saturated rings. The van der Waals surface area contributed by atoms with E-state index in [0.29, 0.717) is 12.1 Å². The minimum absolute atomic E-state index is 0.404. The molecule has 1 aromatic rings.